The zero-order valence-electron chi connectivity index (χ0n) is 52.7. The van der Waals surface area contributed by atoms with Gasteiger partial charge in [0.25, 0.3) is 5.91 Å². The van der Waals surface area contributed by atoms with Crippen LogP contribution in [0.15, 0.2) is 212 Å². The van der Waals surface area contributed by atoms with Crippen LogP contribution in [0.2, 0.25) is 10.0 Å². The molecule has 494 valence electrons. The Kier molecular flexibility index (Phi) is 36.0. The number of carbonyl (C=O) groups excluding carboxylic acids is 3. The van der Waals surface area contributed by atoms with E-state index in [4.69, 9.17) is 92.0 Å². The van der Waals surface area contributed by atoms with E-state index in [0.29, 0.717) is 99.7 Å². The van der Waals surface area contributed by atoms with Gasteiger partial charge < -0.3 is 49.7 Å². The van der Waals surface area contributed by atoms with Crippen molar-refractivity contribution in [2.24, 2.45) is 10.7 Å². The zero-order chi connectivity index (χ0) is 69.9. The number of nitrogen functional groups attached to an aromatic ring is 1. The van der Waals surface area contributed by atoms with Crippen LogP contribution >= 0.6 is 87.1 Å². The Morgan fingerprint density at radius 1 is 0.649 bits per heavy atom. The molecule has 7 heterocycles. The van der Waals surface area contributed by atoms with Crippen molar-refractivity contribution in [1.29, 1.82) is 0 Å². The number of nitrogens with two attached hydrogens (primary N) is 2. The van der Waals surface area contributed by atoms with Crippen LogP contribution < -0.4 is 81.6 Å². The van der Waals surface area contributed by atoms with Crippen molar-refractivity contribution in [1.82, 2.24) is 24.9 Å². The number of ketones is 2. The number of pyridine rings is 4. The molecule has 29 heteroatoms. The third-order valence-electron chi connectivity index (χ3n) is 12.4. The molecule has 0 unspecified atom stereocenters. The molecule has 0 aliphatic carbocycles. The number of isothiocyanates is 1. The molecule has 0 atom stereocenters. The summed E-state index contributed by atoms with van der Waals surface area (Å²) in [6.45, 7) is 0. The minimum absolute atomic E-state index is 0. The fourth-order valence-corrected chi connectivity index (χ4v) is 10.0. The van der Waals surface area contributed by atoms with E-state index in [9.17, 15) is 24.0 Å². The number of Topliss-reactive ketones (excluding diaryl/α,β-unsaturated/α-hetero) is 2. The number of aliphatic imine (C=N–C) groups is 1. The molecule has 0 aliphatic rings. The second kappa shape index (κ2) is 43.3. The van der Waals surface area contributed by atoms with Gasteiger partial charge in [0.15, 0.2) is 27.9 Å². The molecule has 0 bridgehead atoms. The van der Waals surface area contributed by atoms with Crippen LogP contribution in [0.5, 0.6) is 23.0 Å². The smallest absolute Gasteiger partial charge is 0.857 e. The summed E-state index contributed by atoms with van der Waals surface area (Å²) in [4.78, 5) is 83.1. The normalized spacial score (nSPS) is 9.74. The third-order valence-corrected chi connectivity index (χ3v) is 14.8. The first-order chi connectivity index (χ1) is 46.4. The van der Waals surface area contributed by atoms with Crippen molar-refractivity contribution < 1.29 is 76.8 Å². The van der Waals surface area contributed by atoms with E-state index in [1.165, 1.54) is 17.4 Å². The Bertz CT molecular complexity index is 4590. The van der Waals surface area contributed by atoms with Crippen LogP contribution in [-0.4, -0.2) is 98.3 Å². The van der Waals surface area contributed by atoms with E-state index >= 15 is 0 Å². The number of nitrogens with zero attached hydrogens (tertiary/aromatic N) is 6. The maximum Gasteiger partial charge on any atom is 1.00 e. The first kappa shape index (κ1) is 80.6. The van der Waals surface area contributed by atoms with Gasteiger partial charge in [0.1, 0.15) is 34.2 Å². The number of aromatic nitrogens is 5. The van der Waals surface area contributed by atoms with Crippen molar-refractivity contribution in [3.63, 3.8) is 0 Å². The molecule has 11 rings (SSSR count). The molecule has 21 nitrogen and oxygen atoms in total. The quantitative estimate of drug-likeness (QED) is 0.0190. The molecular formula is C68H59BrCl2N9NaO12S4. The SMILES string of the molecule is COc1ccncc1CC(=S)CC(=O)c1ccccc1.COc1ccncc1CC(N)=S.COc1ccncc1N.COc1ccncc1Nc1nc(-c2cc3cccc(Cl)c3oc2=O)cs1.C[O-].O=C(CBr)c1cc2cccc(Cl)c2oc1=O.O=C(N=C=S)c1ccccc1.[Na+]. The van der Waals surface area contributed by atoms with Crippen LogP contribution in [0.4, 0.5) is 16.5 Å². The van der Waals surface area contributed by atoms with Gasteiger partial charge in [-0.3, -0.25) is 34.3 Å². The molecule has 0 aliphatic heterocycles. The summed E-state index contributed by atoms with van der Waals surface area (Å²) in [5, 5.41) is 18.0. The Hall–Kier alpha value is -8.86. The van der Waals surface area contributed by atoms with Crippen LogP contribution in [0.3, 0.4) is 0 Å². The summed E-state index contributed by atoms with van der Waals surface area (Å²) in [5.41, 5.74) is 15.6. The maximum atomic E-state index is 12.3. The summed E-state index contributed by atoms with van der Waals surface area (Å²) < 4.78 is 30.9. The molecule has 11 aromatic rings. The summed E-state index contributed by atoms with van der Waals surface area (Å²) in [6, 6.07) is 38.6. The van der Waals surface area contributed by atoms with E-state index < -0.39 is 11.3 Å². The van der Waals surface area contributed by atoms with Gasteiger partial charge in [-0.1, -0.05) is 136 Å². The fraction of sp³-hybridized carbons (Fsp3) is 0.132. The molecule has 0 spiro atoms. The number of para-hydroxylation sites is 2. The van der Waals surface area contributed by atoms with Crippen molar-refractivity contribution >= 4 is 158 Å². The Morgan fingerprint density at radius 2 is 1.14 bits per heavy atom. The number of halogens is 3. The van der Waals surface area contributed by atoms with Crippen molar-refractivity contribution in [2.45, 2.75) is 19.3 Å². The summed E-state index contributed by atoms with van der Waals surface area (Å²) >= 11 is 30.7. The van der Waals surface area contributed by atoms with E-state index in [0.717, 1.165) is 35.1 Å². The van der Waals surface area contributed by atoms with E-state index in [2.05, 4.69) is 63.4 Å². The average Bonchev–Trinajstić information content (AvgIpc) is 1.76. The first-order valence-corrected chi connectivity index (χ1v) is 31.8. The molecule has 97 heavy (non-hydrogen) atoms. The number of anilines is 3. The number of nitrogens with one attached hydrogen (secondary N) is 1. The number of fused-ring (bicyclic) bond motifs is 2. The van der Waals surface area contributed by atoms with Gasteiger partial charge in [-0.05, 0) is 60.7 Å². The number of carbonyl (C=O) groups is 3. The summed E-state index contributed by atoms with van der Waals surface area (Å²) in [6.07, 6.45) is 14.6. The second-order valence-electron chi connectivity index (χ2n) is 18.7. The molecule has 0 saturated carbocycles. The molecule has 5 N–H and O–H groups in total. The van der Waals surface area contributed by atoms with E-state index in [-0.39, 0.29) is 64.3 Å². The van der Waals surface area contributed by atoms with Gasteiger partial charge in [-0.25, -0.2) is 14.6 Å². The number of ether oxygens (including phenoxy) is 4. The van der Waals surface area contributed by atoms with Crippen LogP contribution in [0, 0.1) is 0 Å². The van der Waals surface area contributed by atoms with Crippen LogP contribution in [-0.2, 0) is 12.8 Å². The van der Waals surface area contributed by atoms with E-state index in [1.54, 1.807) is 180 Å². The number of alkyl halides is 1. The molecule has 4 aromatic carbocycles. The minimum Gasteiger partial charge on any atom is -0.857 e. The van der Waals surface area contributed by atoms with Gasteiger partial charge in [-0.2, -0.15) is 12.1 Å². The number of thiazole rings is 1. The molecule has 0 radical (unpaired) electrons. The predicted octanol–water partition coefficient (Wildman–Crippen LogP) is 10.5. The molecule has 1 amide bonds. The summed E-state index contributed by atoms with van der Waals surface area (Å²) in [5.74, 6) is 2.23. The average molecular weight is 1500 g/mol. The standard InChI is InChI=1S/C18H12ClN3O3S.C16H15NO2S.C11H6BrClO3.C8H10N2OS.C8H5NOS.C6H8N2O.CH3O.Na/c1-24-15-5-6-20-8-13(15)21-18-22-14(9-26-18)11-7-10-3-2-4-12(19)16(10)25-17(11)23;1-19-16-7-8-17-11-13(16)9-14(20)10-15(18)12-5-3-2-4-6-12;12-5-9(14)7-4-6-2-1-3-8(13)10(6)16-11(7)15;1-11-7-2-3-10-5-6(7)4-8(9)12;10-8(9-6-11)7-4-2-1-3-5-7;1-9-6-2-3-8-4-5(6)7;1-2;/h2-9H,1H3,(H,21,22);2-8,11H,9-10H2,1H3;1-4H,5H2;2-3,5H,4H2,1H3,(H2,9,12);1-5H;2-4H,7H2,1H3;1H3;/q;;;;;;-1;+1. The predicted molar refractivity (Wildman–Crippen MR) is 389 cm³/mol. The Balaban J connectivity index is 0.000000255. The second-order valence-corrected chi connectivity index (χ2v) is 22.2. The van der Waals surface area contributed by atoms with Gasteiger partial charge in [0, 0.05) is 112 Å². The van der Waals surface area contributed by atoms with Crippen molar-refractivity contribution in [2.75, 3.05) is 51.9 Å². The summed E-state index contributed by atoms with van der Waals surface area (Å²) in [7, 11) is 7.13. The van der Waals surface area contributed by atoms with Crippen LogP contribution in [0.25, 0.3) is 33.2 Å². The first-order valence-electron chi connectivity index (χ1n) is 27.8. The number of thiocarbonyl (C=S) groups is 3. The fourth-order valence-electron chi connectivity index (χ4n) is 8.01. The maximum absolute atomic E-state index is 12.3. The molecule has 7 aromatic heterocycles. The number of hydrogen-bond acceptors (Lipinski definition) is 23. The van der Waals surface area contributed by atoms with Crippen molar-refractivity contribution in [3.8, 4) is 34.3 Å². The molecular weight excluding hydrogens is 1440 g/mol. The Morgan fingerprint density at radius 3 is 1.66 bits per heavy atom. The number of benzene rings is 4. The topological polar surface area (TPSA) is 312 Å². The molecule has 0 saturated heterocycles. The number of methoxy groups -OCH3 is 4. The van der Waals surface area contributed by atoms with Crippen LogP contribution in [0.1, 0.15) is 48.6 Å². The number of rotatable bonds is 17. The van der Waals surface area contributed by atoms with Crippen molar-refractivity contribution in [3.05, 3.63) is 247 Å². The van der Waals surface area contributed by atoms with Gasteiger partial charge in [0.05, 0.1) is 83.3 Å². The largest absolute Gasteiger partial charge is 1.00 e. The zero-order valence-corrected chi connectivity index (χ0v) is 61.1. The number of hydrogen-bond donors (Lipinski definition) is 3. The minimum atomic E-state index is -0.662. The van der Waals surface area contributed by atoms with Gasteiger partial charge in [0.2, 0.25) is 0 Å². The van der Waals surface area contributed by atoms with Gasteiger partial charge in [-0.15, -0.1) is 11.3 Å². The monoisotopic (exact) mass is 1490 g/mol. The molecule has 0 fully saturated rings. The Labute approximate surface area is 617 Å². The third kappa shape index (κ3) is 25.6. The van der Waals surface area contributed by atoms with Gasteiger partial charge >= 0.3 is 40.8 Å². The van der Waals surface area contributed by atoms with E-state index in [1.807, 2.05) is 35.5 Å². The number of amides is 1.